The molecular weight excluding hydrogens is 475 g/mol. The van der Waals surface area contributed by atoms with E-state index in [9.17, 15) is 4.79 Å². The van der Waals surface area contributed by atoms with E-state index in [1.54, 1.807) is 11.8 Å². The molecule has 0 saturated carbocycles. The predicted octanol–water partition coefficient (Wildman–Crippen LogP) is 4.22. The molecule has 0 heterocycles. The molecule has 160 valence electrons. The average Bonchev–Trinajstić information content (AvgIpc) is 2.87. The second kappa shape index (κ2) is 10.6. The van der Waals surface area contributed by atoms with Crippen molar-refractivity contribution in [1.82, 2.24) is 0 Å². The van der Waals surface area contributed by atoms with Gasteiger partial charge in [-0.3, -0.25) is 0 Å². The zero-order valence-electron chi connectivity index (χ0n) is 17.9. The predicted molar refractivity (Wildman–Crippen MR) is 138 cm³/mol. The Labute approximate surface area is 196 Å². The van der Waals surface area contributed by atoms with Crippen molar-refractivity contribution < 1.29 is 9.53 Å². The summed E-state index contributed by atoms with van der Waals surface area (Å²) in [6.07, 6.45) is 0. The van der Waals surface area contributed by atoms with Crippen molar-refractivity contribution in [3.63, 3.8) is 0 Å². The number of carbonyl (C=O) groups is 1. The number of ether oxygens (including phenoxy) is 1. The zero-order chi connectivity index (χ0) is 22.2. The zero-order valence-corrected chi connectivity index (χ0v) is 20.6. The molecule has 0 amide bonds. The van der Waals surface area contributed by atoms with Crippen molar-refractivity contribution >= 4 is 47.5 Å². The van der Waals surface area contributed by atoms with E-state index >= 15 is 0 Å². The van der Waals surface area contributed by atoms with Crippen LogP contribution < -0.4 is 13.1 Å². The summed E-state index contributed by atoms with van der Waals surface area (Å²) in [5.74, 6) is -0.231. The molecule has 4 rings (SSSR count). The average molecular weight is 500 g/mol. The van der Waals surface area contributed by atoms with Crippen LogP contribution in [0.1, 0.15) is 6.92 Å². The number of rotatable bonds is 7. The van der Waals surface area contributed by atoms with E-state index in [0.29, 0.717) is 6.61 Å². The second-order valence-electron chi connectivity index (χ2n) is 7.12. The Hall–Kier alpha value is -2.87. The van der Waals surface area contributed by atoms with Gasteiger partial charge >= 0.3 is 197 Å². The molecule has 4 heteroatoms. The Bertz CT molecular complexity index is 1100. The van der Waals surface area contributed by atoms with E-state index in [1.165, 1.54) is 13.1 Å². The molecule has 0 N–H and O–H groups in total. The molecule has 0 aliphatic heterocycles. The maximum atomic E-state index is 13.7. The fraction of sp³-hybridized carbons (Fsp3) is 0.0714. The molecule has 2 nitrogen and oxygen atoms in total. The normalized spacial score (nSPS) is 11.0. The molecule has 0 aliphatic carbocycles. The minimum atomic E-state index is -3.43. The minimum absolute atomic E-state index is 0.231. The van der Waals surface area contributed by atoms with E-state index < -0.39 is 13.1 Å². The van der Waals surface area contributed by atoms with Gasteiger partial charge in [-0.25, -0.2) is 0 Å². The molecule has 0 spiro atoms. The number of hydrogen-bond acceptors (Lipinski definition) is 3. The number of hydrogen-bond donors (Lipinski definition) is 0. The van der Waals surface area contributed by atoms with Crippen molar-refractivity contribution in [1.29, 1.82) is 0 Å². The summed E-state index contributed by atoms with van der Waals surface area (Å²) in [4.78, 5) is 14.7. The number of carbonyl (C=O) groups excluding carboxylic acids is 1. The van der Waals surface area contributed by atoms with E-state index in [4.69, 9.17) is 4.74 Å². The van der Waals surface area contributed by atoms with Crippen molar-refractivity contribution in [2.75, 3.05) is 6.61 Å². The van der Waals surface area contributed by atoms with Crippen LogP contribution in [0.3, 0.4) is 0 Å². The van der Waals surface area contributed by atoms with Crippen LogP contribution in [0.25, 0.3) is 0 Å². The Morgan fingerprint density at radius 3 is 1.41 bits per heavy atom. The number of thioether (sulfide) groups is 1. The van der Waals surface area contributed by atoms with Crippen LogP contribution in [-0.4, -0.2) is 29.3 Å². The van der Waals surface area contributed by atoms with Crippen LogP contribution in [0.15, 0.2) is 126 Å². The van der Waals surface area contributed by atoms with Crippen molar-refractivity contribution in [3.8, 4) is 0 Å². The Balaban J connectivity index is 2.18. The Morgan fingerprint density at radius 1 is 0.656 bits per heavy atom. The van der Waals surface area contributed by atoms with Gasteiger partial charge in [-0.1, -0.05) is 0 Å². The summed E-state index contributed by atoms with van der Waals surface area (Å²) >= 11 is -1.89. The number of esters is 1. The Morgan fingerprint density at radius 2 is 1.03 bits per heavy atom. The van der Waals surface area contributed by atoms with Crippen LogP contribution in [0.5, 0.6) is 0 Å². The van der Waals surface area contributed by atoms with Gasteiger partial charge in [0.15, 0.2) is 0 Å². The first kappa shape index (κ1) is 22.3. The molecule has 0 atom stereocenters. The third-order valence-electron chi connectivity index (χ3n) is 5.14. The molecule has 0 aromatic heterocycles. The van der Waals surface area contributed by atoms with Gasteiger partial charge in [0, 0.05) is 0 Å². The molecule has 0 radical (unpaired) electrons. The quantitative estimate of drug-likeness (QED) is 0.216. The van der Waals surface area contributed by atoms with Gasteiger partial charge in [0.1, 0.15) is 0 Å². The first-order valence-electron chi connectivity index (χ1n) is 10.6. The molecule has 0 saturated heterocycles. The molecule has 0 unspecified atom stereocenters. The molecular formula is C28H25AsO2S. The van der Waals surface area contributed by atoms with Crippen LogP contribution >= 0.6 is 11.8 Å². The third-order valence-corrected chi connectivity index (χ3v) is 16.4. The van der Waals surface area contributed by atoms with Crippen molar-refractivity contribution in [3.05, 3.63) is 121 Å². The van der Waals surface area contributed by atoms with E-state index in [2.05, 4.69) is 84.9 Å². The summed E-state index contributed by atoms with van der Waals surface area (Å²) in [6, 6.07) is 41.5. The molecule has 0 aliphatic rings. The van der Waals surface area contributed by atoms with E-state index in [-0.39, 0.29) is 5.97 Å². The van der Waals surface area contributed by atoms with E-state index in [1.807, 2.05) is 43.3 Å². The summed E-state index contributed by atoms with van der Waals surface area (Å²) in [7, 11) is 0. The maximum absolute atomic E-state index is 13.7. The summed E-state index contributed by atoms with van der Waals surface area (Å²) in [5, 5.41) is 0. The molecule has 4 aromatic carbocycles. The van der Waals surface area contributed by atoms with Gasteiger partial charge in [-0.15, -0.1) is 0 Å². The van der Waals surface area contributed by atoms with Crippen molar-refractivity contribution in [2.45, 2.75) is 11.8 Å². The van der Waals surface area contributed by atoms with Crippen LogP contribution in [0, 0.1) is 0 Å². The van der Waals surface area contributed by atoms with Gasteiger partial charge in [0.05, 0.1) is 0 Å². The fourth-order valence-corrected chi connectivity index (χ4v) is 15.7. The van der Waals surface area contributed by atoms with E-state index in [0.717, 1.165) is 8.53 Å². The summed E-state index contributed by atoms with van der Waals surface area (Å²) in [5.41, 5.74) is 0. The van der Waals surface area contributed by atoms with Gasteiger partial charge < -0.3 is 0 Å². The van der Waals surface area contributed by atoms with Crippen LogP contribution in [-0.2, 0) is 9.53 Å². The van der Waals surface area contributed by atoms with Crippen molar-refractivity contribution in [2.24, 2.45) is 0 Å². The van der Waals surface area contributed by atoms with Gasteiger partial charge in [-0.2, -0.15) is 0 Å². The van der Waals surface area contributed by atoms with Gasteiger partial charge in [0.2, 0.25) is 0 Å². The van der Waals surface area contributed by atoms with Gasteiger partial charge in [-0.05, 0) is 0 Å². The molecule has 0 fully saturated rings. The first-order chi connectivity index (χ1) is 15.8. The Kier molecular flexibility index (Phi) is 7.42. The SMILES string of the molecule is CCOC(=O)C(Sc1ccccc1)=[As](c1ccccc1)(c1ccccc1)c1ccccc1. The monoisotopic (exact) mass is 500 g/mol. The topological polar surface area (TPSA) is 26.3 Å². The second-order valence-corrected chi connectivity index (χ2v) is 15.9. The summed E-state index contributed by atoms with van der Waals surface area (Å²) in [6.45, 7) is 2.20. The first-order valence-corrected chi connectivity index (χ1v) is 15.2. The molecule has 0 bridgehead atoms. The third kappa shape index (κ3) is 4.50. The number of benzene rings is 4. The molecule has 4 aromatic rings. The van der Waals surface area contributed by atoms with Crippen LogP contribution in [0.2, 0.25) is 0 Å². The van der Waals surface area contributed by atoms with Crippen LogP contribution in [0.4, 0.5) is 0 Å². The molecule has 32 heavy (non-hydrogen) atoms. The fourth-order valence-electron chi connectivity index (χ4n) is 3.79. The van der Waals surface area contributed by atoms with Gasteiger partial charge in [0.25, 0.3) is 0 Å². The standard InChI is InChI=1S/C28H25AsO2S/c1-2-31-28(30)27(32-26-21-13-6-14-22-26)29(23-15-7-3-8-16-23,24-17-9-4-10-18-24)25-19-11-5-12-20-25/h3-22H,2H2,1H3. The summed E-state index contributed by atoms with van der Waals surface area (Å²) < 4.78 is 10.1.